The second kappa shape index (κ2) is 6.54. The van der Waals surface area contributed by atoms with E-state index in [1.165, 1.54) is 26.8 Å². The number of carbonyl (C=O) groups is 1. The topological polar surface area (TPSA) is 51.2 Å². The van der Waals surface area contributed by atoms with Crippen LogP contribution >= 0.6 is 0 Å². The van der Waals surface area contributed by atoms with E-state index in [0.717, 1.165) is 25.7 Å². The van der Waals surface area contributed by atoms with Crippen LogP contribution in [0.5, 0.6) is 0 Å². The number of hydrogen-bond acceptors (Lipinski definition) is 3. The van der Waals surface area contributed by atoms with Crippen molar-refractivity contribution in [3.8, 4) is 0 Å². The number of hydrogen-bond donors (Lipinski definition) is 0. The molecule has 24 heavy (non-hydrogen) atoms. The summed E-state index contributed by atoms with van der Waals surface area (Å²) in [6.07, 6.45) is 6.24. The molecule has 2 aliphatic carbocycles. The van der Waals surface area contributed by atoms with E-state index in [4.69, 9.17) is 0 Å². The van der Waals surface area contributed by atoms with Crippen molar-refractivity contribution in [1.82, 2.24) is 0 Å². The van der Waals surface area contributed by atoms with Gasteiger partial charge in [0.15, 0.2) is 0 Å². The molecular weight excluding hydrogens is 327 g/mol. The van der Waals surface area contributed by atoms with Crippen LogP contribution in [0.4, 0.5) is 4.39 Å². The molecule has 0 spiro atoms. The van der Waals surface area contributed by atoms with Gasteiger partial charge in [-0.05, 0) is 76.2 Å². The first-order valence-corrected chi connectivity index (χ1v) is 10.5. The van der Waals surface area contributed by atoms with Crippen LogP contribution in [-0.4, -0.2) is 18.9 Å². The van der Waals surface area contributed by atoms with Gasteiger partial charge in [-0.2, -0.15) is 4.39 Å². The van der Waals surface area contributed by atoms with Crippen molar-refractivity contribution in [2.45, 2.75) is 77.9 Å². The molecule has 138 valence electrons. The van der Waals surface area contributed by atoms with Gasteiger partial charge in [-0.1, -0.05) is 13.8 Å². The third-order valence-corrected chi connectivity index (χ3v) is 8.63. The normalized spacial score (nSPS) is 33.4. The Kier molecular flexibility index (Phi) is 5.35. The SMILES string of the molecule is C[C@H](C/C=C(\F)S(=O)(=O)C(C)(C)C)[C@H]1CC[C@H]2C(=O)CCC[C@]12C. The van der Waals surface area contributed by atoms with Gasteiger partial charge in [-0.3, -0.25) is 4.79 Å². The molecular formula is C19H31FO3S. The summed E-state index contributed by atoms with van der Waals surface area (Å²) in [5.74, 6) is 1.06. The molecule has 0 aromatic carbocycles. The number of sulfone groups is 1. The van der Waals surface area contributed by atoms with Crippen molar-refractivity contribution >= 4 is 15.6 Å². The molecule has 0 amide bonds. The Morgan fingerprint density at radius 3 is 2.58 bits per heavy atom. The zero-order valence-electron chi connectivity index (χ0n) is 15.6. The highest BCUT2D eigenvalue weighted by atomic mass is 32.2. The summed E-state index contributed by atoms with van der Waals surface area (Å²) in [7, 11) is -3.90. The smallest absolute Gasteiger partial charge is 0.211 e. The van der Waals surface area contributed by atoms with E-state index >= 15 is 0 Å². The van der Waals surface area contributed by atoms with Crippen LogP contribution in [0, 0.1) is 23.2 Å². The monoisotopic (exact) mass is 358 g/mol. The quantitative estimate of drug-likeness (QED) is 0.724. The van der Waals surface area contributed by atoms with Crippen LogP contribution in [0.25, 0.3) is 0 Å². The summed E-state index contributed by atoms with van der Waals surface area (Å²) in [6, 6.07) is 0. The van der Waals surface area contributed by atoms with E-state index in [1.54, 1.807) is 0 Å². The van der Waals surface area contributed by atoms with Gasteiger partial charge in [0.2, 0.25) is 15.0 Å². The molecule has 0 aromatic rings. The minimum absolute atomic E-state index is 0.00195. The molecule has 2 aliphatic rings. The van der Waals surface area contributed by atoms with E-state index in [-0.39, 0.29) is 17.3 Å². The lowest BCUT2D eigenvalue weighted by Gasteiger charge is -2.42. The maximum absolute atomic E-state index is 14.2. The Balaban J connectivity index is 2.12. The maximum atomic E-state index is 14.2. The van der Waals surface area contributed by atoms with E-state index < -0.39 is 19.7 Å². The first kappa shape index (κ1) is 19.6. The molecule has 0 bridgehead atoms. The largest absolute Gasteiger partial charge is 0.299 e. The first-order chi connectivity index (χ1) is 10.9. The van der Waals surface area contributed by atoms with Gasteiger partial charge in [-0.25, -0.2) is 8.42 Å². The predicted molar refractivity (Wildman–Crippen MR) is 94.8 cm³/mol. The first-order valence-electron chi connectivity index (χ1n) is 9.04. The standard InChI is InChI=1S/C19H31FO3S/c1-13(8-11-17(20)24(22,23)18(2,3)4)14-9-10-15-16(21)7-6-12-19(14,15)5/h11,13-15H,6-10,12H2,1-5H3/b17-11+/t13-,14-,15+,19-/m1/s1. The average molecular weight is 359 g/mol. The number of rotatable bonds is 4. The minimum atomic E-state index is -3.90. The van der Waals surface area contributed by atoms with E-state index in [2.05, 4.69) is 13.8 Å². The van der Waals surface area contributed by atoms with Gasteiger partial charge < -0.3 is 0 Å². The maximum Gasteiger partial charge on any atom is 0.211 e. The van der Waals surface area contributed by atoms with Gasteiger partial charge in [-0.15, -0.1) is 0 Å². The number of allylic oxidation sites excluding steroid dienone is 1. The highest BCUT2D eigenvalue weighted by molar-refractivity contribution is 7.96. The lowest BCUT2D eigenvalue weighted by atomic mass is 9.62. The lowest BCUT2D eigenvalue weighted by Crippen LogP contribution is -2.39. The predicted octanol–water partition coefficient (Wildman–Crippen LogP) is 4.82. The zero-order chi connectivity index (χ0) is 18.3. The van der Waals surface area contributed by atoms with E-state index in [1.807, 2.05) is 0 Å². The summed E-state index contributed by atoms with van der Waals surface area (Å²) in [5, 5.41) is -1.01. The van der Waals surface area contributed by atoms with Gasteiger partial charge in [0, 0.05) is 12.3 Å². The fourth-order valence-corrected chi connectivity index (χ4v) is 5.65. The molecule has 2 rings (SSSR count). The molecule has 0 radical (unpaired) electrons. The minimum Gasteiger partial charge on any atom is -0.299 e. The van der Waals surface area contributed by atoms with Crippen molar-refractivity contribution in [1.29, 1.82) is 0 Å². The Hall–Kier alpha value is -0.710. The van der Waals surface area contributed by atoms with Crippen LogP contribution in [0.15, 0.2) is 11.2 Å². The molecule has 0 N–H and O–H groups in total. The number of carbonyl (C=O) groups excluding carboxylic acids is 1. The van der Waals surface area contributed by atoms with E-state index in [0.29, 0.717) is 24.5 Å². The van der Waals surface area contributed by atoms with Crippen molar-refractivity contribution in [2.24, 2.45) is 23.2 Å². The van der Waals surface area contributed by atoms with Crippen molar-refractivity contribution in [2.75, 3.05) is 0 Å². The van der Waals surface area contributed by atoms with Gasteiger partial charge in [0.05, 0.1) is 4.75 Å². The highest BCUT2D eigenvalue weighted by Gasteiger charge is 2.52. The van der Waals surface area contributed by atoms with E-state index in [9.17, 15) is 17.6 Å². The number of Topliss-reactive ketones (excluding diaryl/α,β-unsaturated/α-hetero) is 1. The fraction of sp³-hybridized carbons (Fsp3) is 0.842. The third-order valence-electron chi connectivity index (χ3n) is 6.34. The second-order valence-electron chi connectivity index (χ2n) is 8.90. The van der Waals surface area contributed by atoms with Crippen molar-refractivity contribution in [3.63, 3.8) is 0 Å². The summed E-state index contributed by atoms with van der Waals surface area (Å²) in [4.78, 5) is 12.2. The molecule has 2 fully saturated rings. The van der Waals surface area contributed by atoms with Gasteiger partial charge in [0.25, 0.3) is 0 Å². The number of fused-ring (bicyclic) bond motifs is 1. The van der Waals surface area contributed by atoms with Gasteiger partial charge >= 0.3 is 0 Å². The Bertz CT molecular complexity index is 629. The Labute approximate surface area is 146 Å². The Morgan fingerprint density at radius 2 is 2.00 bits per heavy atom. The number of halogens is 1. The highest BCUT2D eigenvalue weighted by Crippen LogP contribution is 2.57. The molecule has 4 atom stereocenters. The molecule has 3 nitrogen and oxygen atoms in total. The average Bonchev–Trinajstić information content (AvgIpc) is 2.81. The van der Waals surface area contributed by atoms with Crippen LogP contribution in [0.3, 0.4) is 0 Å². The Morgan fingerprint density at radius 1 is 1.38 bits per heavy atom. The van der Waals surface area contributed by atoms with Crippen LogP contribution < -0.4 is 0 Å². The van der Waals surface area contributed by atoms with Crippen LogP contribution in [0.1, 0.15) is 73.1 Å². The third kappa shape index (κ3) is 3.33. The molecule has 2 saturated carbocycles. The van der Waals surface area contributed by atoms with Gasteiger partial charge in [0.1, 0.15) is 5.78 Å². The lowest BCUT2D eigenvalue weighted by molar-refractivity contribution is -0.130. The van der Waals surface area contributed by atoms with Crippen LogP contribution in [-0.2, 0) is 14.6 Å². The summed E-state index contributed by atoms with van der Waals surface area (Å²) < 4.78 is 37.4. The molecule has 5 heteroatoms. The second-order valence-corrected chi connectivity index (χ2v) is 11.5. The number of ketones is 1. The van der Waals surface area contributed by atoms with Crippen LogP contribution in [0.2, 0.25) is 0 Å². The molecule has 0 unspecified atom stereocenters. The van der Waals surface area contributed by atoms with Crippen molar-refractivity contribution < 1.29 is 17.6 Å². The summed E-state index contributed by atoms with van der Waals surface area (Å²) in [6.45, 7) is 8.79. The van der Waals surface area contributed by atoms with Crippen molar-refractivity contribution in [3.05, 3.63) is 11.2 Å². The molecule has 0 aromatic heterocycles. The summed E-state index contributed by atoms with van der Waals surface area (Å²) >= 11 is 0. The molecule has 0 aliphatic heterocycles. The molecule has 0 heterocycles. The zero-order valence-corrected chi connectivity index (χ0v) is 16.4. The summed E-state index contributed by atoms with van der Waals surface area (Å²) in [5.41, 5.74) is 0.00195. The fourth-order valence-electron chi connectivity index (χ4n) is 4.75. The molecule has 0 saturated heterocycles.